The minimum Gasteiger partial charge on any atom is -0.383 e. The Morgan fingerprint density at radius 2 is 1.87 bits per heavy atom. The number of nitrogens with zero attached hydrogens (tertiary/aromatic N) is 1. The second-order valence-corrected chi connectivity index (χ2v) is 3.84. The lowest BCUT2D eigenvalue weighted by Gasteiger charge is -2.34. The molecule has 88 valence electrons. The van der Waals surface area contributed by atoms with Gasteiger partial charge in [-0.2, -0.15) is 13.2 Å². The Labute approximate surface area is 87.4 Å². The lowest BCUT2D eigenvalue weighted by Crippen LogP contribution is -2.41. The highest BCUT2D eigenvalue weighted by Gasteiger charge is 2.43. The van der Waals surface area contributed by atoms with Gasteiger partial charge in [-0.25, -0.2) is 0 Å². The Hall–Kier alpha value is -0.710. The number of halogens is 3. The van der Waals surface area contributed by atoms with Crippen LogP contribution in [0.25, 0.3) is 0 Å². The van der Waals surface area contributed by atoms with Gasteiger partial charge in [0, 0.05) is 13.1 Å². The van der Waals surface area contributed by atoms with E-state index in [1.807, 2.05) is 24.1 Å². The minimum absolute atomic E-state index is 0.394. The predicted molar refractivity (Wildman–Crippen MR) is 51.2 cm³/mol. The number of rotatable bonds is 2. The molecule has 1 atom stereocenters. The third-order valence-electron chi connectivity index (χ3n) is 2.72. The highest BCUT2D eigenvalue weighted by atomic mass is 19.4. The number of hydrogen-bond donors (Lipinski definition) is 1. The van der Waals surface area contributed by atoms with E-state index in [2.05, 4.69) is 0 Å². The summed E-state index contributed by atoms with van der Waals surface area (Å²) in [7, 11) is 0. The van der Waals surface area contributed by atoms with Gasteiger partial charge < -0.3 is 10.0 Å². The van der Waals surface area contributed by atoms with Crippen molar-refractivity contribution < 1.29 is 18.3 Å². The van der Waals surface area contributed by atoms with E-state index in [1.54, 1.807) is 0 Å². The molecular formula is C10H16F3NO. The fraction of sp³-hybridized carbons (Fsp3) is 0.800. The van der Waals surface area contributed by atoms with E-state index in [4.69, 9.17) is 5.11 Å². The molecular weight excluding hydrogens is 207 g/mol. The molecule has 1 rings (SSSR count). The number of hydrogen-bond acceptors (Lipinski definition) is 2. The summed E-state index contributed by atoms with van der Waals surface area (Å²) in [6, 6.07) is 0. The van der Waals surface area contributed by atoms with E-state index in [0.29, 0.717) is 25.9 Å². The molecule has 0 radical (unpaired) electrons. The Morgan fingerprint density at radius 3 is 2.27 bits per heavy atom. The Balaban J connectivity index is 2.43. The average molecular weight is 223 g/mol. The molecule has 1 saturated heterocycles. The highest BCUT2D eigenvalue weighted by Crippen LogP contribution is 2.31. The van der Waals surface area contributed by atoms with Crippen molar-refractivity contribution in [1.29, 1.82) is 0 Å². The van der Waals surface area contributed by atoms with Gasteiger partial charge in [-0.3, -0.25) is 0 Å². The largest absolute Gasteiger partial charge is 0.414 e. The molecule has 0 amide bonds. The van der Waals surface area contributed by atoms with E-state index in [-0.39, 0.29) is 0 Å². The highest BCUT2D eigenvalue weighted by molar-refractivity contribution is 4.86. The quantitative estimate of drug-likeness (QED) is 0.775. The molecule has 1 heterocycles. The van der Waals surface area contributed by atoms with Crippen LogP contribution in [0, 0.1) is 5.92 Å². The molecule has 0 saturated carbocycles. The lowest BCUT2D eigenvalue weighted by atomic mass is 9.91. The summed E-state index contributed by atoms with van der Waals surface area (Å²) in [5, 5.41) is 9.07. The fourth-order valence-corrected chi connectivity index (χ4v) is 1.86. The Bertz CT molecular complexity index is 219. The van der Waals surface area contributed by atoms with Gasteiger partial charge in [0.2, 0.25) is 0 Å². The summed E-state index contributed by atoms with van der Waals surface area (Å²) in [4.78, 5) is 1.97. The SMILES string of the molecule is CC=CN1CCC(C(O)C(F)(F)F)CC1. The van der Waals surface area contributed by atoms with Gasteiger partial charge in [-0.1, -0.05) is 6.08 Å². The van der Waals surface area contributed by atoms with E-state index in [9.17, 15) is 13.2 Å². The van der Waals surface area contributed by atoms with Crippen LogP contribution in [0.3, 0.4) is 0 Å². The lowest BCUT2D eigenvalue weighted by molar-refractivity contribution is -0.222. The van der Waals surface area contributed by atoms with Gasteiger partial charge in [0.15, 0.2) is 6.10 Å². The number of aliphatic hydroxyl groups excluding tert-OH is 1. The molecule has 5 heteroatoms. The summed E-state index contributed by atoms with van der Waals surface area (Å²) in [6.45, 7) is 3.04. The van der Waals surface area contributed by atoms with Crippen LogP contribution < -0.4 is 0 Å². The first-order valence-corrected chi connectivity index (χ1v) is 5.06. The van der Waals surface area contributed by atoms with Crippen molar-refractivity contribution in [1.82, 2.24) is 4.90 Å². The molecule has 1 N–H and O–H groups in total. The molecule has 0 spiro atoms. The molecule has 1 unspecified atom stereocenters. The van der Waals surface area contributed by atoms with Crippen LogP contribution in [-0.4, -0.2) is 35.4 Å². The standard InChI is InChI=1S/C10H16F3NO/c1-2-5-14-6-3-8(4-7-14)9(15)10(11,12)13/h2,5,8-9,15H,3-4,6-7H2,1H3. The molecule has 0 bridgehead atoms. The number of aliphatic hydroxyl groups is 1. The molecule has 2 nitrogen and oxygen atoms in total. The Kier molecular flexibility index (Phi) is 4.02. The summed E-state index contributed by atoms with van der Waals surface area (Å²) in [5.74, 6) is -0.647. The fourth-order valence-electron chi connectivity index (χ4n) is 1.86. The molecule has 1 fully saturated rings. The van der Waals surface area contributed by atoms with E-state index >= 15 is 0 Å². The van der Waals surface area contributed by atoms with Crippen LogP contribution in [0.15, 0.2) is 12.3 Å². The van der Waals surface area contributed by atoms with Crippen LogP contribution in [-0.2, 0) is 0 Å². The number of allylic oxidation sites excluding steroid dienone is 1. The van der Waals surface area contributed by atoms with E-state index in [1.165, 1.54) is 0 Å². The van der Waals surface area contributed by atoms with E-state index in [0.717, 1.165) is 0 Å². The van der Waals surface area contributed by atoms with Crippen molar-refractivity contribution in [2.75, 3.05) is 13.1 Å². The van der Waals surface area contributed by atoms with Gasteiger partial charge in [0.25, 0.3) is 0 Å². The zero-order chi connectivity index (χ0) is 11.5. The normalized spacial score (nSPS) is 22.3. The van der Waals surface area contributed by atoms with Crippen LogP contribution in [0.4, 0.5) is 13.2 Å². The van der Waals surface area contributed by atoms with Crippen LogP contribution in [0.1, 0.15) is 19.8 Å². The van der Waals surface area contributed by atoms with Gasteiger partial charge in [0.1, 0.15) is 0 Å². The summed E-state index contributed by atoms with van der Waals surface area (Å²) < 4.78 is 36.6. The minimum atomic E-state index is -4.48. The van der Waals surface area contributed by atoms with Crippen LogP contribution in [0.5, 0.6) is 0 Å². The van der Waals surface area contributed by atoms with Crippen molar-refractivity contribution in [3.8, 4) is 0 Å². The first-order valence-electron chi connectivity index (χ1n) is 5.06. The van der Waals surface area contributed by atoms with E-state index < -0.39 is 18.2 Å². The zero-order valence-corrected chi connectivity index (χ0v) is 8.67. The summed E-state index contributed by atoms with van der Waals surface area (Å²) in [6.07, 6.45) is -2.12. The van der Waals surface area contributed by atoms with Crippen molar-refractivity contribution in [2.24, 2.45) is 5.92 Å². The third-order valence-corrected chi connectivity index (χ3v) is 2.72. The zero-order valence-electron chi connectivity index (χ0n) is 8.67. The summed E-state index contributed by atoms with van der Waals surface area (Å²) >= 11 is 0. The van der Waals surface area contributed by atoms with Crippen molar-refractivity contribution >= 4 is 0 Å². The Morgan fingerprint density at radius 1 is 1.33 bits per heavy atom. The summed E-state index contributed by atoms with van der Waals surface area (Å²) in [5.41, 5.74) is 0. The van der Waals surface area contributed by atoms with Gasteiger partial charge in [-0.05, 0) is 31.9 Å². The molecule has 1 aliphatic rings. The monoisotopic (exact) mass is 223 g/mol. The molecule has 15 heavy (non-hydrogen) atoms. The van der Waals surface area contributed by atoms with Crippen LogP contribution >= 0.6 is 0 Å². The van der Waals surface area contributed by atoms with Crippen molar-refractivity contribution in [2.45, 2.75) is 32.0 Å². The molecule has 1 aliphatic heterocycles. The molecule has 0 aromatic rings. The van der Waals surface area contributed by atoms with Gasteiger partial charge in [-0.15, -0.1) is 0 Å². The first-order chi connectivity index (χ1) is 6.95. The molecule has 0 aromatic carbocycles. The van der Waals surface area contributed by atoms with Gasteiger partial charge >= 0.3 is 6.18 Å². The van der Waals surface area contributed by atoms with Gasteiger partial charge in [0.05, 0.1) is 0 Å². The molecule has 0 aliphatic carbocycles. The average Bonchev–Trinajstić information content (AvgIpc) is 2.17. The topological polar surface area (TPSA) is 23.5 Å². The number of likely N-dealkylation sites (tertiary alicyclic amines) is 1. The number of alkyl halides is 3. The first kappa shape index (κ1) is 12.4. The second kappa shape index (κ2) is 4.88. The number of piperidine rings is 1. The molecule has 0 aromatic heterocycles. The van der Waals surface area contributed by atoms with Crippen molar-refractivity contribution in [3.05, 3.63) is 12.3 Å². The van der Waals surface area contributed by atoms with Crippen molar-refractivity contribution in [3.63, 3.8) is 0 Å². The maximum Gasteiger partial charge on any atom is 0.414 e. The predicted octanol–water partition coefficient (Wildman–Crippen LogP) is 2.16. The third kappa shape index (κ3) is 3.41. The maximum atomic E-state index is 12.2. The smallest absolute Gasteiger partial charge is 0.383 e. The maximum absolute atomic E-state index is 12.2. The van der Waals surface area contributed by atoms with Crippen LogP contribution in [0.2, 0.25) is 0 Å². The second-order valence-electron chi connectivity index (χ2n) is 3.84.